The van der Waals surface area contributed by atoms with E-state index in [1.54, 1.807) is 12.1 Å². The second-order valence-electron chi connectivity index (χ2n) is 8.47. The number of hydrogen-bond donors (Lipinski definition) is 1. The van der Waals surface area contributed by atoms with Crippen molar-refractivity contribution in [1.29, 1.82) is 0 Å². The van der Waals surface area contributed by atoms with Crippen molar-refractivity contribution in [3.05, 3.63) is 35.4 Å². The molecular formula is C21H29NO3. The molecule has 1 aromatic rings. The lowest BCUT2D eigenvalue weighted by Crippen LogP contribution is -2.31. The lowest BCUT2D eigenvalue weighted by molar-refractivity contribution is -0.119. The molecule has 1 heterocycles. The Balaban J connectivity index is 2.65. The van der Waals surface area contributed by atoms with Crippen LogP contribution in [0.5, 0.6) is 5.75 Å². The summed E-state index contributed by atoms with van der Waals surface area (Å²) < 4.78 is 0. The third-order valence-corrected chi connectivity index (χ3v) is 4.85. The summed E-state index contributed by atoms with van der Waals surface area (Å²) in [5.74, 6) is -0.412. The van der Waals surface area contributed by atoms with Crippen LogP contribution in [0, 0.1) is 0 Å². The van der Waals surface area contributed by atoms with Crippen molar-refractivity contribution in [3.63, 3.8) is 0 Å². The van der Waals surface area contributed by atoms with Crippen molar-refractivity contribution >= 4 is 17.5 Å². The van der Waals surface area contributed by atoms with E-state index in [0.717, 1.165) is 30.4 Å². The summed E-state index contributed by atoms with van der Waals surface area (Å²) in [5.41, 5.74) is 1.50. The summed E-state index contributed by atoms with van der Waals surface area (Å²) in [5, 5.41) is 11.0. The van der Waals surface area contributed by atoms with Gasteiger partial charge in [-0.15, -0.1) is 0 Å². The number of rotatable bonds is 5. The Labute approximate surface area is 150 Å². The Kier molecular flexibility index (Phi) is 5.12. The van der Waals surface area contributed by atoms with Gasteiger partial charge in [0, 0.05) is 23.3 Å². The highest BCUT2D eigenvalue weighted by molar-refractivity contribution is 6.28. The van der Waals surface area contributed by atoms with E-state index in [1.165, 1.54) is 17.1 Å². The van der Waals surface area contributed by atoms with Crippen LogP contribution in [0.2, 0.25) is 0 Å². The molecule has 136 valence electrons. The lowest BCUT2D eigenvalue weighted by Gasteiger charge is -2.31. The van der Waals surface area contributed by atoms with Gasteiger partial charge in [0.25, 0.3) is 11.8 Å². The van der Waals surface area contributed by atoms with Crippen molar-refractivity contribution in [2.45, 2.75) is 71.6 Å². The van der Waals surface area contributed by atoms with Gasteiger partial charge in [-0.3, -0.25) is 9.59 Å². The van der Waals surface area contributed by atoms with Crippen LogP contribution in [0.25, 0.3) is 0 Å². The molecule has 2 amide bonds. The summed E-state index contributed by atoms with van der Waals surface area (Å²) in [6, 6.07) is 3.56. The van der Waals surface area contributed by atoms with Gasteiger partial charge in [-0.25, -0.2) is 4.90 Å². The number of carbonyl (C=O) groups excluding carboxylic acids is 2. The van der Waals surface area contributed by atoms with Crippen molar-refractivity contribution < 1.29 is 14.7 Å². The molecule has 0 saturated heterocycles. The Morgan fingerprint density at radius 1 is 0.960 bits per heavy atom. The van der Waals surface area contributed by atoms with Gasteiger partial charge in [0.05, 0.1) is 5.69 Å². The van der Waals surface area contributed by atoms with E-state index in [0.29, 0.717) is 5.69 Å². The zero-order valence-electron chi connectivity index (χ0n) is 16.1. The quantitative estimate of drug-likeness (QED) is 0.796. The van der Waals surface area contributed by atoms with Crippen LogP contribution in [0.3, 0.4) is 0 Å². The van der Waals surface area contributed by atoms with Gasteiger partial charge in [-0.2, -0.15) is 0 Å². The zero-order valence-corrected chi connectivity index (χ0v) is 16.1. The molecule has 4 heteroatoms. The number of anilines is 1. The first kappa shape index (κ1) is 19.2. The van der Waals surface area contributed by atoms with E-state index < -0.39 is 0 Å². The Bertz CT molecular complexity index is 705. The van der Waals surface area contributed by atoms with Gasteiger partial charge in [0.2, 0.25) is 0 Å². The molecule has 0 aliphatic carbocycles. The molecule has 0 radical (unpaired) electrons. The average molecular weight is 343 g/mol. The highest BCUT2D eigenvalue weighted by Crippen LogP contribution is 2.44. The van der Waals surface area contributed by atoms with Crippen molar-refractivity contribution in [1.82, 2.24) is 0 Å². The molecule has 1 aliphatic heterocycles. The van der Waals surface area contributed by atoms with E-state index in [9.17, 15) is 14.7 Å². The zero-order chi connectivity index (χ0) is 19.0. The second kappa shape index (κ2) is 6.66. The summed E-state index contributed by atoms with van der Waals surface area (Å²) >= 11 is 0. The Hall–Kier alpha value is -2.10. The molecule has 1 aromatic carbocycles. The van der Waals surface area contributed by atoms with Crippen molar-refractivity contribution in [2.24, 2.45) is 0 Å². The first-order chi connectivity index (χ1) is 11.5. The van der Waals surface area contributed by atoms with Crippen LogP contribution in [0.1, 0.15) is 71.9 Å². The summed E-state index contributed by atoms with van der Waals surface area (Å²) in [6.07, 6.45) is 5.61. The van der Waals surface area contributed by atoms with Gasteiger partial charge >= 0.3 is 0 Å². The van der Waals surface area contributed by atoms with Crippen LogP contribution >= 0.6 is 0 Å². The monoisotopic (exact) mass is 343 g/mol. The summed E-state index contributed by atoms with van der Waals surface area (Å²) in [6.45, 7) is 12.4. The number of nitrogens with zero attached hydrogens (tertiary/aromatic N) is 1. The fourth-order valence-electron chi connectivity index (χ4n) is 3.24. The second-order valence-corrected chi connectivity index (χ2v) is 8.47. The molecule has 1 aliphatic rings. The Morgan fingerprint density at radius 2 is 1.48 bits per heavy atom. The number of benzene rings is 1. The van der Waals surface area contributed by atoms with Gasteiger partial charge in [0.1, 0.15) is 5.75 Å². The SMILES string of the molecule is CCCCC(C)(C)c1cc(N2C(=O)C=CC2=O)cc(C(C)(C)C)c1O. The normalized spacial score (nSPS) is 15.4. The fraction of sp³-hybridized carbons (Fsp3) is 0.524. The van der Waals surface area contributed by atoms with Gasteiger partial charge in [-0.05, 0) is 29.4 Å². The third kappa shape index (κ3) is 3.78. The summed E-state index contributed by atoms with van der Waals surface area (Å²) in [7, 11) is 0. The fourth-order valence-corrected chi connectivity index (χ4v) is 3.24. The van der Waals surface area contributed by atoms with E-state index in [-0.39, 0.29) is 28.4 Å². The average Bonchev–Trinajstić information content (AvgIpc) is 2.83. The predicted molar refractivity (Wildman–Crippen MR) is 101 cm³/mol. The number of imide groups is 1. The number of aromatic hydroxyl groups is 1. The van der Waals surface area contributed by atoms with Crippen LogP contribution in [0.15, 0.2) is 24.3 Å². The predicted octanol–water partition coefficient (Wildman–Crippen LogP) is 4.59. The number of carbonyl (C=O) groups is 2. The summed E-state index contributed by atoms with van der Waals surface area (Å²) in [4.78, 5) is 25.4. The molecule has 0 atom stereocenters. The maximum Gasteiger partial charge on any atom is 0.258 e. The minimum Gasteiger partial charge on any atom is -0.507 e. The molecule has 0 bridgehead atoms. The maximum atomic E-state index is 12.1. The number of phenols is 1. The molecule has 0 unspecified atom stereocenters. The molecule has 2 rings (SSSR count). The largest absolute Gasteiger partial charge is 0.507 e. The van der Waals surface area contributed by atoms with Gasteiger partial charge in [0.15, 0.2) is 0 Å². The molecular weight excluding hydrogens is 314 g/mol. The van der Waals surface area contributed by atoms with Gasteiger partial charge in [-0.1, -0.05) is 54.4 Å². The maximum absolute atomic E-state index is 12.1. The van der Waals surface area contributed by atoms with Crippen molar-refractivity contribution in [2.75, 3.05) is 4.90 Å². The molecule has 1 N–H and O–H groups in total. The van der Waals surface area contributed by atoms with E-state index in [2.05, 4.69) is 20.8 Å². The molecule has 0 saturated carbocycles. The highest BCUT2D eigenvalue weighted by Gasteiger charge is 2.33. The van der Waals surface area contributed by atoms with E-state index >= 15 is 0 Å². The topological polar surface area (TPSA) is 57.6 Å². The Morgan fingerprint density at radius 3 is 1.96 bits per heavy atom. The minimum absolute atomic E-state index is 0.255. The minimum atomic E-state index is -0.340. The standard InChI is InChI=1S/C21H29NO3/c1-7-8-11-21(5,6)16-13-14(22-17(23)9-10-18(22)24)12-15(19(16)25)20(2,3)4/h9-10,12-13,25H,7-8,11H2,1-6H3. The number of phenolic OH excluding ortho intramolecular Hbond substituents is 1. The third-order valence-electron chi connectivity index (χ3n) is 4.85. The van der Waals surface area contributed by atoms with Crippen molar-refractivity contribution in [3.8, 4) is 5.75 Å². The smallest absolute Gasteiger partial charge is 0.258 e. The number of amides is 2. The van der Waals surface area contributed by atoms with E-state index in [4.69, 9.17) is 0 Å². The number of hydrogen-bond acceptors (Lipinski definition) is 3. The molecule has 25 heavy (non-hydrogen) atoms. The van der Waals surface area contributed by atoms with Crippen LogP contribution in [0.4, 0.5) is 5.69 Å². The molecule has 0 fully saturated rings. The molecule has 0 spiro atoms. The highest BCUT2D eigenvalue weighted by atomic mass is 16.3. The number of unbranched alkanes of at least 4 members (excludes halogenated alkanes) is 1. The van der Waals surface area contributed by atoms with Crippen LogP contribution in [-0.2, 0) is 20.4 Å². The first-order valence-corrected chi connectivity index (χ1v) is 8.93. The van der Waals surface area contributed by atoms with Crippen LogP contribution < -0.4 is 4.90 Å². The van der Waals surface area contributed by atoms with Gasteiger partial charge < -0.3 is 5.11 Å². The first-order valence-electron chi connectivity index (χ1n) is 8.93. The van der Waals surface area contributed by atoms with Crippen LogP contribution in [-0.4, -0.2) is 16.9 Å². The lowest BCUT2D eigenvalue weighted by atomic mass is 9.75. The van der Waals surface area contributed by atoms with E-state index in [1.807, 2.05) is 20.8 Å². The molecule has 0 aromatic heterocycles. The molecule has 4 nitrogen and oxygen atoms in total.